The second kappa shape index (κ2) is 4.77. The molecule has 3 heteroatoms. The first kappa shape index (κ1) is 12.2. The fourth-order valence-corrected chi connectivity index (χ4v) is 2.92. The van der Waals surface area contributed by atoms with Gasteiger partial charge in [-0.2, -0.15) is 0 Å². The molecule has 0 radical (unpaired) electrons. The Balaban J connectivity index is 1.83. The van der Waals surface area contributed by atoms with Gasteiger partial charge in [0.25, 0.3) is 0 Å². The van der Waals surface area contributed by atoms with Crippen LogP contribution in [0.15, 0.2) is 54.7 Å². The summed E-state index contributed by atoms with van der Waals surface area (Å²) in [5.74, 6) is 1.92. The molecule has 0 spiro atoms. The molecule has 21 heavy (non-hydrogen) atoms. The number of ether oxygens (including phenoxy) is 1. The quantitative estimate of drug-likeness (QED) is 0.712. The monoisotopic (exact) mass is 276 g/mol. The Morgan fingerprint density at radius 3 is 2.90 bits per heavy atom. The maximum absolute atomic E-state index is 5.30. The number of hydrogen-bond donors (Lipinski definition) is 0. The lowest BCUT2D eigenvalue weighted by atomic mass is 10.0. The van der Waals surface area contributed by atoms with Crippen molar-refractivity contribution in [2.24, 2.45) is 0 Å². The maximum Gasteiger partial charge on any atom is 0.140 e. The Kier molecular flexibility index (Phi) is 2.78. The standard InChI is InChI=1S/C18H16N2O/c1-21-15-7-4-6-14(11-15)17-12-20-10-9-13-5-2-3-8-16(13)18(20)19-17/h2-8,11-12H,9-10H2,1H3. The molecular formula is C18H16N2O. The highest BCUT2D eigenvalue weighted by Gasteiger charge is 2.18. The van der Waals surface area contributed by atoms with Crippen molar-refractivity contribution in [3.63, 3.8) is 0 Å². The number of aryl methyl sites for hydroxylation is 2. The van der Waals surface area contributed by atoms with Crippen molar-refractivity contribution >= 4 is 0 Å². The minimum atomic E-state index is 0.860. The molecule has 0 aliphatic carbocycles. The maximum atomic E-state index is 5.30. The summed E-state index contributed by atoms with van der Waals surface area (Å²) in [5.41, 5.74) is 4.72. The van der Waals surface area contributed by atoms with Gasteiger partial charge in [0, 0.05) is 23.9 Å². The number of nitrogens with zero attached hydrogens (tertiary/aromatic N) is 2. The van der Waals surface area contributed by atoms with E-state index >= 15 is 0 Å². The smallest absolute Gasteiger partial charge is 0.140 e. The van der Waals surface area contributed by atoms with Crippen LogP contribution in [0.4, 0.5) is 0 Å². The molecule has 0 saturated carbocycles. The Labute approximate surface area is 123 Å². The van der Waals surface area contributed by atoms with E-state index in [0.717, 1.165) is 35.8 Å². The zero-order valence-corrected chi connectivity index (χ0v) is 11.9. The van der Waals surface area contributed by atoms with Gasteiger partial charge in [-0.05, 0) is 24.1 Å². The third kappa shape index (κ3) is 2.02. The summed E-state index contributed by atoms with van der Waals surface area (Å²) in [6, 6.07) is 16.6. The van der Waals surface area contributed by atoms with Crippen molar-refractivity contribution in [1.82, 2.24) is 9.55 Å². The molecule has 0 unspecified atom stereocenters. The summed E-state index contributed by atoms with van der Waals surface area (Å²) in [7, 11) is 1.69. The molecule has 0 fully saturated rings. The highest BCUT2D eigenvalue weighted by molar-refractivity contribution is 5.69. The van der Waals surface area contributed by atoms with Crippen molar-refractivity contribution in [2.45, 2.75) is 13.0 Å². The van der Waals surface area contributed by atoms with Crippen LogP contribution in [0.2, 0.25) is 0 Å². The van der Waals surface area contributed by atoms with Gasteiger partial charge in [-0.25, -0.2) is 4.98 Å². The van der Waals surface area contributed by atoms with Crippen molar-refractivity contribution < 1.29 is 4.74 Å². The molecule has 1 aromatic heterocycles. The van der Waals surface area contributed by atoms with Crippen LogP contribution < -0.4 is 4.74 Å². The lowest BCUT2D eigenvalue weighted by molar-refractivity contribution is 0.415. The predicted octanol–water partition coefficient (Wildman–Crippen LogP) is 3.78. The number of benzene rings is 2. The summed E-state index contributed by atoms with van der Waals surface area (Å²) >= 11 is 0. The van der Waals surface area contributed by atoms with Crippen LogP contribution in [0.1, 0.15) is 5.56 Å². The number of fused-ring (bicyclic) bond motifs is 3. The van der Waals surface area contributed by atoms with E-state index in [4.69, 9.17) is 9.72 Å². The second-order valence-electron chi connectivity index (χ2n) is 5.28. The first-order valence-corrected chi connectivity index (χ1v) is 7.15. The third-order valence-electron chi connectivity index (χ3n) is 4.02. The molecule has 4 rings (SSSR count). The molecule has 0 bridgehead atoms. The van der Waals surface area contributed by atoms with Gasteiger partial charge in [0.05, 0.1) is 12.8 Å². The normalized spacial score (nSPS) is 12.6. The van der Waals surface area contributed by atoms with Crippen LogP contribution in [0, 0.1) is 0 Å². The molecule has 3 aromatic rings. The van der Waals surface area contributed by atoms with E-state index in [1.54, 1.807) is 7.11 Å². The number of imidazole rings is 1. The van der Waals surface area contributed by atoms with Gasteiger partial charge < -0.3 is 9.30 Å². The molecule has 1 aliphatic rings. The molecule has 0 atom stereocenters. The van der Waals surface area contributed by atoms with E-state index in [9.17, 15) is 0 Å². The molecule has 2 heterocycles. The number of aromatic nitrogens is 2. The topological polar surface area (TPSA) is 27.1 Å². The SMILES string of the molecule is COc1cccc(-c2cn3c(n2)-c2ccccc2CC3)c1. The van der Waals surface area contributed by atoms with Gasteiger partial charge in [0.15, 0.2) is 0 Å². The van der Waals surface area contributed by atoms with Crippen molar-refractivity contribution in [1.29, 1.82) is 0 Å². The largest absolute Gasteiger partial charge is 0.497 e. The van der Waals surface area contributed by atoms with E-state index in [0.29, 0.717) is 0 Å². The highest BCUT2D eigenvalue weighted by atomic mass is 16.5. The summed E-state index contributed by atoms with van der Waals surface area (Å²) in [5, 5.41) is 0. The minimum absolute atomic E-state index is 0.860. The minimum Gasteiger partial charge on any atom is -0.497 e. The van der Waals surface area contributed by atoms with Gasteiger partial charge in [-0.1, -0.05) is 36.4 Å². The molecule has 0 N–H and O–H groups in total. The van der Waals surface area contributed by atoms with Crippen LogP contribution in [0.25, 0.3) is 22.6 Å². The van der Waals surface area contributed by atoms with Crippen LogP contribution in [0.5, 0.6) is 5.75 Å². The van der Waals surface area contributed by atoms with E-state index in [2.05, 4.69) is 41.1 Å². The van der Waals surface area contributed by atoms with Gasteiger partial charge in [0.1, 0.15) is 11.6 Å². The van der Waals surface area contributed by atoms with Gasteiger partial charge >= 0.3 is 0 Å². The van der Waals surface area contributed by atoms with Crippen molar-refractivity contribution in [2.75, 3.05) is 7.11 Å². The van der Waals surface area contributed by atoms with Crippen LogP contribution in [-0.2, 0) is 13.0 Å². The van der Waals surface area contributed by atoms with Crippen molar-refractivity contribution in [3.8, 4) is 28.4 Å². The molecule has 3 nitrogen and oxygen atoms in total. The van der Waals surface area contributed by atoms with E-state index in [-0.39, 0.29) is 0 Å². The zero-order valence-electron chi connectivity index (χ0n) is 11.9. The Hall–Kier alpha value is -2.55. The van der Waals surface area contributed by atoms with Crippen LogP contribution in [-0.4, -0.2) is 16.7 Å². The zero-order chi connectivity index (χ0) is 14.2. The third-order valence-corrected chi connectivity index (χ3v) is 4.02. The lowest BCUT2D eigenvalue weighted by Gasteiger charge is -2.17. The molecule has 0 saturated heterocycles. The van der Waals surface area contributed by atoms with E-state index in [1.807, 2.05) is 18.2 Å². The van der Waals surface area contributed by atoms with Crippen LogP contribution in [0.3, 0.4) is 0 Å². The number of methoxy groups -OCH3 is 1. The number of rotatable bonds is 2. The predicted molar refractivity (Wildman–Crippen MR) is 83.4 cm³/mol. The average molecular weight is 276 g/mol. The molecule has 104 valence electrons. The fourth-order valence-electron chi connectivity index (χ4n) is 2.92. The van der Waals surface area contributed by atoms with Crippen LogP contribution >= 0.6 is 0 Å². The summed E-state index contributed by atoms with van der Waals surface area (Å²) < 4.78 is 7.55. The lowest BCUT2D eigenvalue weighted by Crippen LogP contribution is -2.09. The summed E-state index contributed by atoms with van der Waals surface area (Å²) in [6.07, 6.45) is 3.21. The van der Waals surface area contributed by atoms with Gasteiger partial charge in [-0.3, -0.25) is 0 Å². The second-order valence-corrected chi connectivity index (χ2v) is 5.28. The average Bonchev–Trinajstić information content (AvgIpc) is 2.99. The molecule has 1 aliphatic heterocycles. The Bertz CT molecular complexity index is 804. The molecular weight excluding hydrogens is 260 g/mol. The molecule has 2 aromatic carbocycles. The van der Waals surface area contributed by atoms with Crippen molar-refractivity contribution in [3.05, 3.63) is 60.3 Å². The molecule has 0 amide bonds. The van der Waals surface area contributed by atoms with E-state index in [1.165, 1.54) is 11.1 Å². The summed E-state index contributed by atoms with van der Waals surface area (Å²) in [6.45, 7) is 0.989. The van der Waals surface area contributed by atoms with E-state index < -0.39 is 0 Å². The van der Waals surface area contributed by atoms with Gasteiger partial charge in [-0.15, -0.1) is 0 Å². The van der Waals surface area contributed by atoms with Gasteiger partial charge in [0.2, 0.25) is 0 Å². The fraction of sp³-hybridized carbons (Fsp3) is 0.167. The Morgan fingerprint density at radius 1 is 1.10 bits per heavy atom. The Morgan fingerprint density at radius 2 is 2.00 bits per heavy atom. The highest BCUT2D eigenvalue weighted by Crippen LogP contribution is 2.32. The number of hydrogen-bond acceptors (Lipinski definition) is 2. The first-order valence-electron chi connectivity index (χ1n) is 7.15. The first-order chi connectivity index (χ1) is 10.3. The summed E-state index contributed by atoms with van der Waals surface area (Å²) in [4.78, 5) is 4.85.